The predicted octanol–water partition coefficient (Wildman–Crippen LogP) is 4.38. The fourth-order valence-corrected chi connectivity index (χ4v) is 2.30. The molecule has 0 amide bonds. The lowest BCUT2D eigenvalue weighted by Gasteiger charge is -2.09. The van der Waals surface area contributed by atoms with Gasteiger partial charge in [0, 0.05) is 12.2 Å². The van der Waals surface area contributed by atoms with Crippen LogP contribution in [0.3, 0.4) is 0 Å². The molecule has 2 aromatic carbocycles. The number of aryl methyl sites for hydroxylation is 2. The molecule has 0 saturated carbocycles. The van der Waals surface area contributed by atoms with Crippen molar-refractivity contribution in [3.05, 3.63) is 58.4 Å². The summed E-state index contributed by atoms with van der Waals surface area (Å²) >= 11 is 6.09. The Hall–Kier alpha value is -1.38. The van der Waals surface area contributed by atoms with Gasteiger partial charge in [0.15, 0.2) is 0 Å². The highest BCUT2D eigenvalue weighted by atomic mass is 35.5. The summed E-state index contributed by atoms with van der Waals surface area (Å²) in [5.74, 6) is -0.268. The molecule has 0 aromatic heterocycles. The maximum absolute atomic E-state index is 14.1. The van der Waals surface area contributed by atoms with E-state index in [1.54, 1.807) is 19.1 Å². The molecular weight excluding hydrogens is 263 g/mol. The molecule has 0 saturated heterocycles. The van der Waals surface area contributed by atoms with Crippen molar-refractivity contribution in [2.75, 3.05) is 6.61 Å². The van der Waals surface area contributed by atoms with Gasteiger partial charge in [-0.15, -0.1) is 0 Å². The largest absolute Gasteiger partial charge is 0.396 e. The normalized spacial score (nSPS) is 10.7. The fourth-order valence-electron chi connectivity index (χ4n) is 2.04. The topological polar surface area (TPSA) is 20.2 Å². The molecule has 0 aliphatic heterocycles. The Kier molecular flexibility index (Phi) is 4.56. The van der Waals surface area contributed by atoms with Crippen LogP contribution in [-0.2, 0) is 6.42 Å². The molecule has 1 nitrogen and oxygen atoms in total. The highest BCUT2D eigenvalue weighted by Crippen LogP contribution is 2.32. The fraction of sp³-hybridized carbons (Fsp3) is 0.250. The summed E-state index contributed by atoms with van der Waals surface area (Å²) in [6, 6.07) is 11.0. The van der Waals surface area contributed by atoms with Gasteiger partial charge >= 0.3 is 0 Å². The van der Waals surface area contributed by atoms with Gasteiger partial charge in [-0.1, -0.05) is 41.9 Å². The Morgan fingerprint density at radius 3 is 2.42 bits per heavy atom. The van der Waals surface area contributed by atoms with Crippen molar-refractivity contribution in [2.24, 2.45) is 0 Å². The molecule has 0 spiro atoms. The second-order valence-corrected chi connectivity index (χ2v) is 4.98. The molecule has 0 aliphatic carbocycles. The van der Waals surface area contributed by atoms with Crippen LogP contribution in [-0.4, -0.2) is 11.7 Å². The minimum Gasteiger partial charge on any atom is -0.396 e. The third-order valence-electron chi connectivity index (χ3n) is 3.15. The monoisotopic (exact) mass is 278 g/mol. The van der Waals surface area contributed by atoms with Gasteiger partial charge in [0.1, 0.15) is 5.82 Å². The van der Waals surface area contributed by atoms with E-state index in [4.69, 9.17) is 16.7 Å². The van der Waals surface area contributed by atoms with Crippen molar-refractivity contribution in [1.29, 1.82) is 0 Å². The average molecular weight is 279 g/mol. The Labute approximate surface area is 117 Å². The van der Waals surface area contributed by atoms with Crippen LogP contribution < -0.4 is 0 Å². The summed E-state index contributed by atoms with van der Waals surface area (Å²) in [4.78, 5) is 0. The van der Waals surface area contributed by atoms with Crippen LogP contribution >= 0.6 is 11.6 Å². The Bertz CT molecular complexity index is 564. The maximum Gasteiger partial charge on any atom is 0.135 e. The molecule has 100 valence electrons. The summed E-state index contributed by atoms with van der Waals surface area (Å²) in [5, 5.41) is 9.22. The van der Waals surface area contributed by atoms with Gasteiger partial charge in [0.25, 0.3) is 0 Å². The average Bonchev–Trinajstić information content (AvgIpc) is 2.42. The van der Waals surface area contributed by atoms with E-state index in [0.717, 1.165) is 24.0 Å². The van der Waals surface area contributed by atoms with E-state index in [-0.39, 0.29) is 12.4 Å². The molecule has 0 aliphatic rings. The molecule has 0 atom stereocenters. The van der Waals surface area contributed by atoms with E-state index in [1.165, 1.54) is 0 Å². The number of halogens is 2. The quantitative estimate of drug-likeness (QED) is 0.880. The summed E-state index contributed by atoms with van der Waals surface area (Å²) in [6.07, 6.45) is 1.56. The van der Waals surface area contributed by atoms with Gasteiger partial charge in [-0.3, -0.25) is 0 Å². The van der Waals surface area contributed by atoms with E-state index < -0.39 is 0 Å². The Morgan fingerprint density at radius 2 is 1.79 bits per heavy atom. The highest BCUT2D eigenvalue weighted by molar-refractivity contribution is 6.33. The van der Waals surface area contributed by atoms with Crippen LogP contribution in [0.5, 0.6) is 0 Å². The number of rotatable bonds is 4. The summed E-state index contributed by atoms with van der Waals surface area (Å²) in [5.41, 5.74) is 2.94. The first-order valence-corrected chi connectivity index (χ1v) is 6.66. The molecular formula is C16H16ClFO. The van der Waals surface area contributed by atoms with Gasteiger partial charge < -0.3 is 5.11 Å². The first kappa shape index (κ1) is 14.0. The van der Waals surface area contributed by atoms with Crippen molar-refractivity contribution in [3.8, 4) is 11.1 Å². The minimum atomic E-state index is -0.268. The van der Waals surface area contributed by atoms with Crippen LogP contribution in [0.25, 0.3) is 11.1 Å². The number of aliphatic hydroxyl groups is 1. The molecule has 0 fully saturated rings. The molecule has 0 bridgehead atoms. The van der Waals surface area contributed by atoms with Crippen LogP contribution in [0.1, 0.15) is 17.5 Å². The van der Waals surface area contributed by atoms with Gasteiger partial charge in [0.05, 0.1) is 5.02 Å². The number of benzene rings is 2. The third kappa shape index (κ3) is 3.14. The Morgan fingerprint density at radius 1 is 1.11 bits per heavy atom. The van der Waals surface area contributed by atoms with Gasteiger partial charge in [-0.25, -0.2) is 4.39 Å². The van der Waals surface area contributed by atoms with Crippen molar-refractivity contribution < 1.29 is 9.50 Å². The van der Waals surface area contributed by atoms with Crippen LogP contribution in [0.2, 0.25) is 5.02 Å². The van der Waals surface area contributed by atoms with Crippen LogP contribution in [0, 0.1) is 12.7 Å². The van der Waals surface area contributed by atoms with E-state index in [0.29, 0.717) is 16.1 Å². The van der Waals surface area contributed by atoms with Gasteiger partial charge in [0.2, 0.25) is 0 Å². The zero-order valence-corrected chi connectivity index (χ0v) is 11.5. The van der Waals surface area contributed by atoms with Crippen molar-refractivity contribution in [2.45, 2.75) is 19.8 Å². The molecule has 2 rings (SSSR count). The van der Waals surface area contributed by atoms with Crippen LogP contribution in [0.15, 0.2) is 36.4 Å². The summed E-state index contributed by atoms with van der Waals surface area (Å²) < 4.78 is 14.1. The lowest BCUT2D eigenvalue weighted by Crippen LogP contribution is -1.92. The maximum atomic E-state index is 14.1. The second-order valence-electron chi connectivity index (χ2n) is 4.58. The standard InChI is InChI=1S/C16H16ClFO/c1-11-4-9-14(17)15(16(11)18)13-7-5-12(6-8-13)3-2-10-19/h4-9,19H,2-3,10H2,1H3. The highest BCUT2D eigenvalue weighted by Gasteiger charge is 2.12. The van der Waals surface area contributed by atoms with E-state index in [2.05, 4.69) is 0 Å². The van der Waals surface area contributed by atoms with Gasteiger partial charge in [-0.2, -0.15) is 0 Å². The first-order valence-electron chi connectivity index (χ1n) is 6.28. The number of hydrogen-bond acceptors (Lipinski definition) is 1. The third-order valence-corrected chi connectivity index (χ3v) is 3.47. The SMILES string of the molecule is Cc1ccc(Cl)c(-c2ccc(CCCO)cc2)c1F. The molecule has 0 radical (unpaired) electrons. The zero-order valence-electron chi connectivity index (χ0n) is 10.8. The minimum absolute atomic E-state index is 0.181. The number of aliphatic hydroxyl groups excluding tert-OH is 1. The number of hydrogen-bond donors (Lipinski definition) is 1. The van der Waals surface area contributed by atoms with E-state index >= 15 is 0 Å². The molecule has 0 heterocycles. The van der Waals surface area contributed by atoms with Crippen LogP contribution in [0.4, 0.5) is 4.39 Å². The molecule has 1 N–H and O–H groups in total. The van der Waals surface area contributed by atoms with E-state index in [1.807, 2.05) is 24.3 Å². The lowest BCUT2D eigenvalue weighted by molar-refractivity contribution is 0.288. The van der Waals surface area contributed by atoms with Crippen molar-refractivity contribution in [1.82, 2.24) is 0 Å². The summed E-state index contributed by atoms with van der Waals surface area (Å²) in [7, 11) is 0. The predicted molar refractivity (Wildman–Crippen MR) is 77.0 cm³/mol. The zero-order chi connectivity index (χ0) is 13.8. The molecule has 19 heavy (non-hydrogen) atoms. The van der Waals surface area contributed by atoms with E-state index in [9.17, 15) is 4.39 Å². The summed E-state index contributed by atoms with van der Waals surface area (Å²) in [6.45, 7) is 1.91. The lowest BCUT2D eigenvalue weighted by atomic mass is 10.00. The molecule has 3 heteroatoms. The molecule has 0 unspecified atom stereocenters. The van der Waals surface area contributed by atoms with Crippen molar-refractivity contribution in [3.63, 3.8) is 0 Å². The van der Waals surface area contributed by atoms with Crippen molar-refractivity contribution >= 4 is 11.6 Å². The Balaban J connectivity index is 2.35. The first-order chi connectivity index (χ1) is 9.13. The van der Waals surface area contributed by atoms with Gasteiger partial charge in [-0.05, 0) is 42.5 Å². The smallest absolute Gasteiger partial charge is 0.135 e. The second kappa shape index (κ2) is 6.18. The molecule has 2 aromatic rings.